The Morgan fingerprint density at radius 3 is 1.00 bits per heavy atom. The summed E-state index contributed by atoms with van der Waals surface area (Å²) in [5.74, 6) is 0. The molecule has 0 aliphatic heterocycles. The standard InChI is InChI=1S/2CH4.H2O4S.O2S.2H2O.2Pb.2H/c;;1-5(2,3)4;1-3-2;;;;;;/h2*1H4;(H2,1,2,3,4);;2*1H2;;;;/p-2. The van der Waals surface area contributed by atoms with E-state index in [2.05, 4.69) is 0 Å². The molecule has 0 bridgehead atoms. The van der Waals surface area contributed by atoms with Crippen LogP contribution >= 0.6 is 0 Å². The van der Waals surface area contributed by atoms with Crippen molar-refractivity contribution in [1.82, 2.24) is 0 Å². The fraction of sp³-hybridized carbons (Fsp3) is 1.00. The molecule has 0 aromatic carbocycles. The molecule has 0 saturated carbocycles. The van der Waals surface area contributed by atoms with Crippen LogP contribution < -0.4 is 0 Å². The molecule has 0 unspecified atom stereocenters. The van der Waals surface area contributed by atoms with Crippen molar-refractivity contribution in [2.75, 3.05) is 0 Å². The zero-order valence-electron chi connectivity index (χ0n) is 5.47. The van der Waals surface area contributed by atoms with Crippen molar-refractivity contribution < 1.29 is 36.9 Å². The molecule has 0 aromatic heterocycles. The molecule has 0 amide bonds. The van der Waals surface area contributed by atoms with Crippen LogP contribution in [0.25, 0.3) is 0 Å². The first-order chi connectivity index (χ1) is 3.73. The second-order valence-corrected chi connectivity index (χ2v) is 5.82. The van der Waals surface area contributed by atoms with Gasteiger partial charge < -0.3 is 20.1 Å². The van der Waals surface area contributed by atoms with Crippen LogP contribution in [0.5, 0.6) is 0 Å². The van der Waals surface area contributed by atoms with Crippen molar-refractivity contribution >= 4 is 68.1 Å². The third-order valence-corrected chi connectivity index (χ3v) is 0. The van der Waals surface area contributed by atoms with Crippen molar-refractivity contribution in [2.45, 2.75) is 14.9 Å². The van der Waals surface area contributed by atoms with Gasteiger partial charge in [-0.2, -0.15) is 0 Å². The van der Waals surface area contributed by atoms with E-state index >= 15 is 0 Å². The predicted octanol–water partition coefficient (Wildman–Crippen LogP) is -3.68. The van der Waals surface area contributed by atoms with Crippen molar-refractivity contribution in [3.8, 4) is 0 Å². The Labute approximate surface area is 119 Å². The van der Waals surface area contributed by atoms with Crippen LogP contribution in [0.3, 0.4) is 0 Å². The maximum absolute atomic E-state index is 9.06. The summed E-state index contributed by atoms with van der Waals surface area (Å²) in [4.78, 5) is 0. The summed E-state index contributed by atoms with van der Waals surface area (Å²) < 4.78 is 52.2. The zero-order valence-corrected chi connectivity index (χ0v) is 16.5. The maximum atomic E-state index is 9.06. The molecule has 92 valence electrons. The molecule has 0 spiro atoms. The molecule has 0 aromatic rings. The number of rotatable bonds is 0. The molecule has 0 atom stereocenters. The van der Waals surface area contributed by atoms with Crippen molar-refractivity contribution in [2.24, 2.45) is 0 Å². The molecular weight excluding hydrogens is 631 g/mol. The SMILES string of the molecule is C.C.O.O.O=S(=O)([O-])[O-].O=[S](=O)=[Pb].[PbH2]. The fourth-order valence-electron chi connectivity index (χ4n) is 0. The van der Waals surface area contributed by atoms with E-state index in [9.17, 15) is 0 Å². The van der Waals surface area contributed by atoms with Crippen LogP contribution in [-0.2, 0) is 17.1 Å². The second kappa shape index (κ2) is 23.9. The number of hydrogen-bond donors (Lipinski definition) is 0. The van der Waals surface area contributed by atoms with Gasteiger partial charge in [0.1, 0.15) is 0 Å². The van der Waals surface area contributed by atoms with Gasteiger partial charge in [0.25, 0.3) is 0 Å². The van der Waals surface area contributed by atoms with Gasteiger partial charge in [0.2, 0.25) is 0 Å². The van der Waals surface area contributed by atoms with E-state index in [0.29, 0.717) is 0 Å². The van der Waals surface area contributed by atoms with Gasteiger partial charge >= 0.3 is 66.1 Å². The van der Waals surface area contributed by atoms with E-state index in [1.165, 1.54) is 0 Å². The Hall–Kier alpha value is 1.45. The number of hydrogen-bond acceptors (Lipinski definition) is 6. The van der Waals surface area contributed by atoms with Crippen LogP contribution in [0.15, 0.2) is 0 Å². The monoisotopic (exact) mass is 646 g/mol. The summed E-state index contributed by atoms with van der Waals surface area (Å²) in [7, 11) is -5.17. The molecule has 4 radical (unpaired) electrons. The van der Waals surface area contributed by atoms with Gasteiger partial charge in [0, 0.05) is 10.4 Å². The van der Waals surface area contributed by atoms with Gasteiger partial charge in [0.15, 0.2) is 0 Å². The van der Waals surface area contributed by atoms with Gasteiger partial charge in [-0.15, -0.1) is 0 Å². The first-order valence-corrected chi connectivity index (χ1v) is 8.37. The molecule has 8 nitrogen and oxygen atoms in total. The van der Waals surface area contributed by atoms with Crippen molar-refractivity contribution in [3.63, 3.8) is 0 Å². The quantitative estimate of drug-likeness (QED) is 0.149. The van der Waals surface area contributed by atoms with E-state index in [1.807, 2.05) is 0 Å². The normalized spacial score (nSPS) is 5.86. The summed E-state index contributed by atoms with van der Waals surface area (Å²) in [6.45, 7) is -1.72. The fourth-order valence-corrected chi connectivity index (χ4v) is 0. The van der Waals surface area contributed by atoms with Crippen LogP contribution in [0.1, 0.15) is 14.9 Å². The Kier molecular flexibility index (Phi) is 77.2. The zero-order chi connectivity index (χ0) is 8.08. The minimum absolute atomic E-state index is 0. The van der Waals surface area contributed by atoms with E-state index in [4.69, 9.17) is 25.9 Å². The molecule has 14 heavy (non-hydrogen) atoms. The Morgan fingerprint density at radius 2 is 1.00 bits per heavy atom. The predicted molar refractivity (Wildman–Crippen MR) is 54.4 cm³/mol. The molecule has 12 heteroatoms. The third-order valence-electron chi connectivity index (χ3n) is 0. The Balaban J connectivity index is -0.0000000104. The molecule has 0 heterocycles. The average molecular weight is 645 g/mol. The second-order valence-electron chi connectivity index (χ2n) is 0.643. The van der Waals surface area contributed by atoms with Gasteiger partial charge in [-0.3, -0.25) is 8.42 Å². The molecular formula is C2H14O8Pb2S2-2. The summed E-state index contributed by atoms with van der Waals surface area (Å²) >= 11 is 0.265. The topological polar surface area (TPSA) is 177 Å². The molecule has 0 rings (SSSR count). The first-order valence-electron chi connectivity index (χ1n) is 1.20. The summed E-state index contributed by atoms with van der Waals surface area (Å²) in [5, 5.41) is 0. The molecule has 0 fully saturated rings. The van der Waals surface area contributed by atoms with Crippen LogP contribution in [0.2, 0.25) is 0 Å². The van der Waals surface area contributed by atoms with E-state index < -0.39 is 17.1 Å². The van der Waals surface area contributed by atoms with Crippen LogP contribution in [0, 0.1) is 0 Å². The van der Waals surface area contributed by atoms with Gasteiger partial charge in [0.05, 0.1) is 0 Å². The molecule has 0 aliphatic rings. The van der Waals surface area contributed by atoms with Gasteiger partial charge in [-0.25, -0.2) is 0 Å². The van der Waals surface area contributed by atoms with Crippen LogP contribution in [-0.4, -0.2) is 87.9 Å². The summed E-state index contributed by atoms with van der Waals surface area (Å²) in [5.41, 5.74) is 0. The van der Waals surface area contributed by atoms with E-state index in [0.717, 1.165) is 0 Å². The molecule has 0 saturated heterocycles. The Morgan fingerprint density at radius 1 is 1.00 bits per heavy atom. The summed E-state index contributed by atoms with van der Waals surface area (Å²) in [6.07, 6.45) is 0. The van der Waals surface area contributed by atoms with Crippen LogP contribution in [0.4, 0.5) is 0 Å². The van der Waals surface area contributed by atoms with Gasteiger partial charge in [-0.1, -0.05) is 14.9 Å². The van der Waals surface area contributed by atoms with Crippen molar-refractivity contribution in [3.05, 3.63) is 0 Å². The average Bonchev–Trinajstić information content (AvgIpc) is 1.19. The summed E-state index contributed by atoms with van der Waals surface area (Å²) in [6, 6.07) is 0. The molecule has 4 N–H and O–H groups in total. The van der Waals surface area contributed by atoms with Gasteiger partial charge in [-0.05, 0) is 0 Å². The Bertz CT molecular complexity index is 236. The van der Waals surface area contributed by atoms with E-state index in [1.54, 1.807) is 0 Å². The first kappa shape index (κ1) is 45.2. The van der Waals surface area contributed by atoms with Crippen molar-refractivity contribution in [1.29, 1.82) is 0 Å². The minimum atomic E-state index is -5.17. The van der Waals surface area contributed by atoms with E-state index in [-0.39, 0.29) is 76.8 Å². The third kappa shape index (κ3) is 987. The molecule has 0 aliphatic carbocycles.